The molecular weight excluding hydrogens is 338 g/mol. The minimum Gasteiger partial charge on any atom is -0.476 e. The fraction of sp³-hybridized carbons (Fsp3) is 0.214. The van der Waals surface area contributed by atoms with E-state index < -0.39 is 5.97 Å². The van der Waals surface area contributed by atoms with E-state index >= 15 is 0 Å². The van der Waals surface area contributed by atoms with E-state index in [1.54, 1.807) is 28.9 Å². The molecule has 3 rings (SSSR count). The molecule has 1 aliphatic rings. The van der Waals surface area contributed by atoms with E-state index in [0.717, 1.165) is 11.4 Å². The smallest absolute Gasteiger partial charge is 0.356 e. The number of rotatable bonds is 2. The van der Waals surface area contributed by atoms with Crippen LogP contribution in [0, 0.1) is 0 Å². The van der Waals surface area contributed by atoms with Crippen molar-refractivity contribution in [3.63, 3.8) is 0 Å². The van der Waals surface area contributed by atoms with Gasteiger partial charge in [-0.2, -0.15) is 5.10 Å². The molecule has 120 valence electrons. The van der Waals surface area contributed by atoms with Gasteiger partial charge in [-0.05, 0) is 36.5 Å². The molecule has 0 spiro atoms. The van der Waals surface area contributed by atoms with Gasteiger partial charge in [0.1, 0.15) is 0 Å². The number of nitrogens with zero attached hydrogens (tertiary/aromatic N) is 3. The van der Waals surface area contributed by atoms with Crippen LogP contribution in [0.15, 0.2) is 24.3 Å². The van der Waals surface area contributed by atoms with E-state index in [1.807, 2.05) is 4.90 Å². The summed E-state index contributed by atoms with van der Waals surface area (Å²) in [6.07, 6.45) is 0.611. The van der Waals surface area contributed by atoms with Gasteiger partial charge in [0.2, 0.25) is 0 Å². The van der Waals surface area contributed by atoms with Crippen molar-refractivity contribution < 1.29 is 9.90 Å². The van der Waals surface area contributed by atoms with Gasteiger partial charge in [0.15, 0.2) is 10.8 Å². The van der Waals surface area contributed by atoms with Gasteiger partial charge in [-0.3, -0.25) is 0 Å². The van der Waals surface area contributed by atoms with Crippen LogP contribution in [0.25, 0.3) is 5.69 Å². The number of carboxylic acids is 1. The Balaban J connectivity index is 2.06. The van der Waals surface area contributed by atoms with Gasteiger partial charge in [-0.25, -0.2) is 15.3 Å². The second-order valence-electron chi connectivity index (χ2n) is 5.09. The van der Waals surface area contributed by atoms with Crippen molar-refractivity contribution in [1.29, 1.82) is 0 Å². The molecule has 0 aliphatic carbocycles. The fourth-order valence-corrected chi connectivity index (χ4v) is 2.93. The van der Waals surface area contributed by atoms with E-state index in [9.17, 15) is 9.90 Å². The van der Waals surface area contributed by atoms with Crippen LogP contribution in [0.1, 0.15) is 21.7 Å². The van der Waals surface area contributed by atoms with Crippen LogP contribution in [-0.4, -0.2) is 37.4 Å². The Labute approximate surface area is 142 Å². The third-order valence-electron chi connectivity index (χ3n) is 3.74. The first-order valence-electron chi connectivity index (χ1n) is 6.86. The highest BCUT2D eigenvalue weighted by Crippen LogP contribution is 2.26. The average molecular weight is 352 g/mol. The number of aromatic nitrogens is 2. The minimum atomic E-state index is -1.07. The quantitative estimate of drug-likeness (QED) is 0.426. The van der Waals surface area contributed by atoms with Crippen molar-refractivity contribution in [3.05, 3.63) is 46.2 Å². The summed E-state index contributed by atoms with van der Waals surface area (Å²) in [5.74, 6) is 4.28. The molecule has 0 radical (unpaired) electrons. The van der Waals surface area contributed by atoms with Crippen LogP contribution < -0.4 is 11.3 Å². The zero-order chi connectivity index (χ0) is 16.6. The lowest BCUT2D eigenvalue weighted by Gasteiger charge is -2.29. The maximum absolute atomic E-state index is 11.5. The summed E-state index contributed by atoms with van der Waals surface area (Å²) >= 11 is 11.0. The molecule has 1 aliphatic heterocycles. The molecule has 4 N–H and O–H groups in total. The lowest BCUT2D eigenvalue weighted by molar-refractivity contribution is 0.0688. The number of carboxylic acid groups (broad SMARTS) is 1. The highest BCUT2D eigenvalue weighted by atomic mass is 35.5. The summed E-state index contributed by atoms with van der Waals surface area (Å²) in [4.78, 5) is 13.3. The highest BCUT2D eigenvalue weighted by molar-refractivity contribution is 7.80. The van der Waals surface area contributed by atoms with Gasteiger partial charge < -0.3 is 15.4 Å². The number of hydrogen-bond donors (Lipinski definition) is 3. The maximum atomic E-state index is 11.5. The molecule has 0 atom stereocenters. The van der Waals surface area contributed by atoms with Crippen molar-refractivity contribution in [1.82, 2.24) is 20.1 Å². The molecular formula is C14H14ClN5O2S. The molecule has 0 unspecified atom stereocenters. The van der Waals surface area contributed by atoms with E-state index in [1.165, 1.54) is 0 Å². The molecule has 0 bridgehead atoms. The molecule has 0 fully saturated rings. The van der Waals surface area contributed by atoms with Gasteiger partial charge >= 0.3 is 5.97 Å². The fourth-order valence-electron chi connectivity index (χ4n) is 2.65. The van der Waals surface area contributed by atoms with Crippen molar-refractivity contribution in [3.8, 4) is 5.69 Å². The van der Waals surface area contributed by atoms with Crippen LogP contribution >= 0.6 is 23.8 Å². The number of aromatic carboxylic acids is 1. The van der Waals surface area contributed by atoms with Gasteiger partial charge in [0.25, 0.3) is 0 Å². The number of halogens is 1. The monoisotopic (exact) mass is 351 g/mol. The number of nitrogens with one attached hydrogen (secondary N) is 1. The van der Waals surface area contributed by atoms with Gasteiger partial charge in [0.05, 0.1) is 11.4 Å². The normalized spacial score (nSPS) is 13.6. The zero-order valence-electron chi connectivity index (χ0n) is 12.0. The maximum Gasteiger partial charge on any atom is 0.356 e. The molecule has 9 heteroatoms. The van der Waals surface area contributed by atoms with Crippen molar-refractivity contribution in [2.24, 2.45) is 5.84 Å². The summed E-state index contributed by atoms with van der Waals surface area (Å²) in [6, 6.07) is 7.10. The van der Waals surface area contributed by atoms with E-state index in [0.29, 0.717) is 35.2 Å². The standard InChI is InChI=1S/C14H14ClN5O2S/c15-8-1-3-9(4-2-8)20-11-5-6-19(14(23)17-16)7-10(11)12(18-20)13(21)22/h1-4H,5-7,16H2,(H,17,23)(H,21,22). The zero-order valence-corrected chi connectivity index (χ0v) is 13.6. The summed E-state index contributed by atoms with van der Waals surface area (Å²) in [5, 5.41) is 14.7. The number of hydrogen-bond acceptors (Lipinski definition) is 4. The largest absolute Gasteiger partial charge is 0.476 e. The number of benzene rings is 1. The first-order valence-corrected chi connectivity index (χ1v) is 7.65. The second kappa shape index (κ2) is 6.15. The van der Waals surface area contributed by atoms with Crippen LogP contribution in [0.2, 0.25) is 5.02 Å². The van der Waals surface area contributed by atoms with E-state index in [4.69, 9.17) is 29.7 Å². The molecule has 0 amide bonds. The van der Waals surface area contributed by atoms with E-state index in [-0.39, 0.29) is 5.69 Å². The Morgan fingerprint density at radius 1 is 1.39 bits per heavy atom. The minimum absolute atomic E-state index is 0.0273. The van der Waals surface area contributed by atoms with Gasteiger partial charge in [-0.1, -0.05) is 11.6 Å². The second-order valence-corrected chi connectivity index (χ2v) is 5.91. The van der Waals surface area contributed by atoms with Crippen LogP contribution in [0.4, 0.5) is 0 Å². The molecule has 2 aromatic rings. The predicted molar refractivity (Wildman–Crippen MR) is 89.6 cm³/mol. The molecule has 2 heterocycles. The number of hydrazine groups is 1. The van der Waals surface area contributed by atoms with Gasteiger partial charge in [-0.15, -0.1) is 0 Å². The van der Waals surface area contributed by atoms with Crippen molar-refractivity contribution >= 4 is 34.9 Å². The summed E-state index contributed by atoms with van der Waals surface area (Å²) in [7, 11) is 0. The summed E-state index contributed by atoms with van der Waals surface area (Å²) in [6.45, 7) is 0.988. The molecule has 1 aromatic carbocycles. The SMILES string of the molecule is NNC(=S)N1CCc2c(c(C(=O)O)nn2-c2ccc(Cl)cc2)C1. The molecule has 23 heavy (non-hydrogen) atoms. The highest BCUT2D eigenvalue weighted by Gasteiger charge is 2.29. The van der Waals surface area contributed by atoms with Crippen molar-refractivity contribution in [2.75, 3.05) is 6.54 Å². The van der Waals surface area contributed by atoms with Crippen LogP contribution in [0.5, 0.6) is 0 Å². The van der Waals surface area contributed by atoms with Crippen LogP contribution in [-0.2, 0) is 13.0 Å². The molecule has 1 aromatic heterocycles. The van der Waals surface area contributed by atoms with Gasteiger partial charge in [0, 0.05) is 30.1 Å². The predicted octanol–water partition coefficient (Wildman–Crippen LogP) is 1.33. The molecule has 7 nitrogen and oxygen atoms in total. The Kier molecular flexibility index (Phi) is 4.20. The molecule has 0 saturated carbocycles. The third-order valence-corrected chi connectivity index (χ3v) is 4.37. The Bertz CT molecular complexity index is 774. The number of fused-ring (bicyclic) bond motifs is 1. The Morgan fingerprint density at radius 2 is 2.09 bits per heavy atom. The average Bonchev–Trinajstić information content (AvgIpc) is 2.93. The number of nitrogens with two attached hydrogens (primary N) is 1. The molecule has 0 saturated heterocycles. The first kappa shape index (κ1) is 15.7. The lowest BCUT2D eigenvalue weighted by atomic mass is 10.1. The Morgan fingerprint density at radius 3 is 2.70 bits per heavy atom. The Hall–Kier alpha value is -2.16. The first-order chi connectivity index (χ1) is 11.0. The summed E-state index contributed by atoms with van der Waals surface area (Å²) in [5.41, 5.74) is 4.74. The van der Waals surface area contributed by atoms with Crippen molar-refractivity contribution in [2.45, 2.75) is 13.0 Å². The lowest BCUT2D eigenvalue weighted by Crippen LogP contribution is -2.45. The number of thiocarbonyl (C=S) groups is 1. The topological polar surface area (TPSA) is 96.4 Å². The third kappa shape index (κ3) is 2.88. The summed E-state index contributed by atoms with van der Waals surface area (Å²) < 4.78 is 1.66. The number of carbonyl (C=O) groups is 1. The van der Waals surface area contributed by atoms with E-state index in [2.05, 4.69) is 10.5 Å². The van der Waals surface area contributed by atoms with Crippen LogP contribution in [0.3, 0.4) is 0 Å².